The Morgan fingerprint density at radius 3 is 2.90 bits per heavy atom. The number of hydrogen-bond acceptors (Lipinski definition) is 6. The molecule has 0 aromatic carbocycles. The maximum atomic E-state index is 14.1. The van der Waals surface area contributed by atoms with Crippen molar-refractivity contribution in [2.45, 2.75) is 6.10 Å². The molecular weight excluding hydrogens is 277 g/mol. The summed E-state index contributed by atoms with van der Waals surface area (Å²) in [5, 5.41) is 10.2. The second-order valence-corrected chi connectivity index (χ2v) is 5.10. The third-order valence-corrected chi connectivity index (χ3v) is 3.50. The zero-order valence-electron chi connectivity index (χ0n) is 12.5. The van der Waals surface area contributed by atoms with Gasteiger partial charge in [-0.05, 0) is 6.07 Å². The number of aromatic nitrogens is 1. The lowest BCUT2D eigenvalue weighted by molar-refractivity contribution is 0.0162. The van der Waals surface area contributed by atoms with Gasteiger partial charge in [0, 0.05) is 39.4 Å². The number of likely N-dealkylation sites (N-methyl/N-ethyl adjacent to an activating group) is 1. The molecule has 1 aliphatic rings. The predicted molar refractivity (Wildman–Crippen MR) is 77.3 cm³/mol. The first-order chi connectivity index (χ1) is 10.1. The molecule has 1 atom stereocenters. The number of β-amino-alcohol motifs (C(OH)–C–C–N with tert-alkyl or cyclic N) is 1. The number of nitrogens with zero attached hydrogens (tertiary/aromatic N) is 3. The van der Waals surface area contributed by atoms with E-state index >= 15 is 0 Å². The van der Waals surface area contributed by atoms with E-state index in [1.807, 2.05) is 0 Å². The lowest BCUT2D eigenvalue weighted by Crippen LogP contribution is -2.44. The van der Waals surface area contributed by atoms with Crippen molar-refractivity contribution in [3.63, 3.8) is 0 Å². The molecule has 1 aromatic rings. The summed E-state index contributed by atoms with van der Waals surface area (Å²) in [4.78, 5) is 7.62. The number of aliphatic hydroxyl groups excluding tert-OH is 1. The summed E-state index contributed by atoms with van der Waals surface area (Å²) in [6.07, 6.45) is 0.925. The fraction of sp³-hybridized carbons (Fsp3) is 0.643. The van der Waals surface area contributed by atoms with E-state index in [2.05, 4.69) is 9.88 Å². The Kier molecular flexibility index (Phi) is 5.72. The van der Waals surface area contributed by atoms with E-state index in [4.69, 9.17) is 9.47 Å². The third kappa shape index (κ3) is 4.26. The summed E-state index contributed by atoms with van der Waals surface area (Å²) in [6.45, 7) is 3.91. The summed E-state index contributed by atoms with van der Waals surface area (Å²) >= 11 is 0. The molecule has 0 aliphatic carbocycles. The van der Waals surface area contributed by atoms with Crippen LogP contribution in [-0.4, -0.2) is 74.6 Å². The van der Waals surface area contributed by atoms with Gasteiger partial charge in [-0.3, -0.25) is 4.90 Å². The molecule has 1 N–H and O–H groups in total. The van der Waals surface area contributed by atoms with Crippen molar-refractivity contribution in [3.8, 4) is 5.88 Å². The second kappa shape index (κ2) is 7.53. The minimum absolute atomic E-state index is 0.0398. The van der Waals surface area contributed by atoms with Crippen molar-refractivity contribution in [2.24, 2.45) is 0 Å². The topological polar surface area (TPSA) is 58.1 Å². The van der Waals surface area contributed by atoms with Crippen molar-refractivity contribution in [2.75, 3.05) is 58.5 Å². The number of halogens is 1. The maximum absolute atomic E-state index is 14.1. The number of hydrogen-bond donors (Lipinski definition) is 1. The summed E-state index contributed by atoms with van der Waals surface area (Å²) in [5.74, 6) is -0.553. The predicted octanol–water partition coefficient (Wildman–Crippen LogP) is 0.359. The van der Waals surface area contributed by atoms with Crippen LogP contribution in [0.5, 0.6) is 5.88 Å². The van der Waals surface area contributed by atoms with Crippen molar-refractivity contribution in [3.05, 3.63) is 18.1 Å². The van der Waals surface area contributed by atoms with E-state index in [0.717, 1.165) is 13.1 Å². The Labute approximate surface area is 124 Å². The molecule has 0 amide bonds. The molecule has 118 valence electrons. The van der Waals surface area contributed by atoms with Gasteiger partial charge in [-0.1, -0.05) is 0 Å². The lowest BCUT2D eigenvalue weighted by Gasteiger charge is -2.30. The van der Waals surface area contributed by atoms with Crippen LogP contribution in [0, 0.1) is 5.82 Å². The average Bonchev–Trinajstić information content (AvgIpc) is 2.48. The molecule has 0 radical (unpaired) electrons. The van der Waals surface area contributed by atoms with Gasteiger partial charge in [0.05, 0.1) is 32.1 Å². The van der Waals surface area contributed by atoms with Crippen molar-refractivity contribution in [1.82, 2.24) is 9.88 Å². The molecule has 1 unspecified atom stereocenters. The fourth-order valence-electron chi connectivity index (χ4n) is 2.41. The maximum Gasteiger partial charge on any atom is 0.252 e. The SMILES string of the molecule is COc1nccc(N(C)CC(O)CN2CCOCC2)c1F. The highest BCUT2D eigenvalue weighted by Gasteiger charge is 2.19. The molecule has 7 heteroatoms. The van der Waals surface area contributed by atoms with Crippen LogP contribution in [-0.2, 0) is 4.74 Å². The first kappa shape index (κ1) is 15.9. The van der Waals surface area contributed by atoms with Gasteiger partial charge in [0.1, 0.15) is 0 Å². The van der Waals surface area contributed by atoms with Crippen molar-refractivity contribution in [1.29, 1.82) is 0 Å². The number of methoxy groups -OCH3 is 1. The van der Waals surface area contributed by atoms with Gasteiger partial charge in [-0.2, -0.15) is 4.39 Å². The summed E-state index contributed by atoms with van der Waals surface area (Å²) in [7, 11) is 3.11. The van der Waals surface area contributed by atoms with Crippen LogP contribution < -0.4 is 9.64 Å². The lowest BCUT2D eigenvalue weighted by atomic mass is 10.2. The number of pyridine rings is 1. The molecule has 6 nitrogen and oxygen atoms in total. The molecule has 0 bridgehead atoms. The van der Waals surface area contributed by atoms with Gasteiger partial charge in [-0.25, -0.2) is 4.98 Å². The largest absolute Gasteiger partial charge is 0.479 e. The van der Waals surface area contributed by atoms with Gasteiger partial charge in [0.25, 0.3) is 5.88 Å². The number of aliphatic hydroxyl groups is 1. The highest BCUT2D eigenvalue weighted by Crippen LogP contribution is 2.24. The Morgan fingerprint density at radius 2 is 2.24 bits per heavy atom. The highest BCUT2D eigenvalue weighted by molar-refractivity contribution is 5.49. The van der Waals surface area contributed by atoms with Gasteiger partial charge < -0.3 is 19.5 Å². The molecule has 1 aromatic heterocycles. The van der Waals surface area contributed by atoms with Crippen LogP contribution in [0.3, 0.4) is 0 Å². The second-order valence-electron chi connectivity index (χ2n) is 5.10. The minimum Gasteiger partial charge on any atom is -0.479 e. The van der Waals surface area contributed by atoms with Gasteiger partial charge >= 0.3 is 0 Å². The Bertz CT molecular complexity index is 455. The van der Waals surface area contributed by atoms with E-state index in [0.29, 0.717) is 32.0 Å². The molecule has 0 saturated carbocycles. The molecule has 1 fully saturated rings. The van der Waals surface area contributed by atoms with E-state index in [1.54, 1.807) is 18.0 Å². The standard InChI is InChI=1S/C14H22FN3O3/c1-17(12-3-4-16-14(20-2)13(12)15)9-11(19)10-18-5-7-21-8-6-18/h3-4,11,19H,5-10H2,1-2H3. The summed E-state index contributed by atoms with van der Waals surface area (Å²) < 4.78 is 24.2. The number of anilines is 1. The fourth-order valence-corrected chi connectivity index (χ4v) is 2.41. The van der Waals surface area contributed by atoms with Gasteiger partial charge in [0.15, 0.2) is 0 Å². The monoisotopic (exact) mass is 299 g/mol. The highest BCUT2D eigenvalue weighted by atomic mass is 19.1. The van der Waals surface area contributed by atoms with E-state index in [9.17, 15) is 9.50 Å². The molecule has 21 heavy (non-hydrogen) atoms. The molecular formula is C14H22FN3O3. The molecule has 1 saturated heterocycles. The van der Waals surface area contributed by atoms with E-state index in [-0.39, 0.29) is 5.88 Å². The molecule has 0 spiro atoms. The zero-order valence-corrected chi connectivity index (χ0v) is 12.5. The number of morpholine rings is 1. The normalized spacial score (nSPS) is 17.5. The average molecular weight is 299 g/mol. The van der Waals surface area contributed by atoms with Crippen LogP contribution >= 0.6 is 0 Å². The molecule has 2 heterocycles. The third-order valence-electron chi connectivity index (χ3n) is 3.50. The number of rotatable bonds is 6. The van der Waals surface area contributed by atoms with Crippen molar-refractivity contribution >= 4 is 5.69 Å². The zero-order chi connectivity index (χ0) is 15.2. The van der Waals surface area contributed by atoms with Gasteiger partial charge in [0.2, 0.25) is 5.82 Å². The molecule has 1 aliphatic heterocycles. The first-order valence-electron chi connectivity index (χ1n) is 6.99. The van der Waals surface area contributed by atoms with Crippen LogP contribution in [0.4, 0.5) is 10.1 Å². The van der Waals surface area contributed by atoms with Gasteiger partial charge in [-0.15, -0.1) is 0 Å². The minimum atomic E-state index is -0.563. The van der Waals surface area contributed by atoms with Crippen LogP contribution in [0.15, 0.2) is 12.3 Å². The van der Waals surface area contributed by atoms with Crippen LogP contribution in [0.25, 0.3) is 0 Å². The first-order valence-corrected chi connectivity index (χ1v) is 6.99. The van der Waals surface area contributed by atoms with E-state index < -0.39 is 11.9 Å². The summed E-state index contributed by atoms with van der Waals surface area (Å²) in [5.41, 5.74) is 0.364. The summed E-state index contributed by atoms with van der Waals surface area (Å²) in [6, 6.07) is 1.57. The van der Waals surface area contributed by atoms with Crippen LogP contribution in [0.1, 0.15) is 0 Å². The molecule has 2 rings (SSSR count). The van der Waals surface area contributed by atoms with E-state index in [1.165, 1.54) is 13.3 Å². The number of ether oxygens (including phenoxy) is 2. The Morgan fingerprint density at radius 1 is 1.52 bits per heavy atom. The smallest absolute Gasteiger partial charge is 0.252 e. The van der Waals surface area contributed by atoms with Crippen molar-refractivity contribution < 1.29 is 19.0 Å². The Balaban J connectivity index is 1.92. The quantitative estimate of drug-likeness (QED) is 0.818. The Hall–Kier alpha value is -1.44. The van der Waals surface area contributed by atoms with Crippen LogP contribution in [0.2, 0.25) is 0 Å².